The third-order valence-electron chi connectivity index (χ3n) is 2.88. The van der Waals surface area contributed by atoms with Crippen LogP contribution in [0.15, 0.2) is 30.3 Å². The van der Waals surface area contributed by atoms with Crippen LogP contribution >= 0.6 is 0 Å². The molecule has 1 saturated carbocycles. The smallest absolute Gasteiger partial charge is 0.106 e. The Labute approximate surface area is 164 Å². The van der Waals surface area contributed by atoms with Gasteiger partial charge in [-0.1, -0.05) is 49.6 Å². The molecule has 0 unspecified atom stereocenters. The molecular weight excluding hydrogens is 496 g/mol. The molecule has 0 N–H and O–H groups in total. The fraction of sp³-hybridized carbons (Fsp3) is 0.389. The molecule has 6 nitrogen and oxygen atoms in total. The second kappa shape index (κ2) is 38.0. The quantitative estimate of drug-likeness (QED) is 0.604. The van der Waals surface area contributed by atoms with Crippen LogP contribution in [0.2, 0.25) is 0 Å². The second-order valence-corrected chi connectivity index (χ2v) is 4.06. The van der Waals surface area contributed by atoms with Crippen molar-refractivity contribution in [3.05, 3.63) is 35.9 Å². The Hall–Kier alpha value is -1.78. The predicted molar refractivity (Wildman–Crippen MR) is 93.7 cm³/mol. The molecule has 0 spiro atoms. The van der Waals surface area contributed by atoms with Crippen molar-refractivity contribution in [3.8, 4) is 0 Å². The Balaban J connectivity index is -0.000000105. The van der Waals surface area contributed by atoms with E-state index >= 15 is 0 Å². The van der Waals surface area contributed by atoms with Gasteiger partial charge >= 0.3 is 0 Å². The van der Waals surface area contributed by atoms with Crippen LogP contribution < -0.4 is 0 Å². The molecule has 7 heteroatoms. The largest absolute Gasteiger partial charge is 0.374 e. The van der Waals surface area contributed by atoms with E-state index in [1.165, 1.54) is 37.7 Å². The summed E-state index contributed by atoms with van der Waals surface area (Å²) < 4.78 is 5.87. The van der Waals surface area contributed by atoms with Crippen molar-refractivity contribution in [1.29, 1.82) is 0 Å². The zero-order chi connectivity index (χ0) is 19.6. The van der Waals surface area contributed by atoms with Crippen LogP contribution in [0, 0.1) is 0 Å². The first kappa shape index (κ1) is 34.5. The summed E-state index contributed by atoms with van der Waals surface area (Å²) in [4.78, 5) is 40.0. The van der Waals surface area contributed by atoms with Gasteiger partial charge < -0.3 is 28.7 Å². The molecule has 142 valence electrons. The van der Waals surface area contributed by atoms with Gasteiger partial charge in [0.05, 0.1) is 12.7 Å². The van der Waals surface area contributed by atoms with E-state index in [9.17, 15) is 0 Å². The van der Waals surface area contributed by atoms with Crippen LogP contribution in [0.5, 0.6) is 0 Å². The van der Waals surface area contributed by atoms with Gasteiger partial charge in [-0.05, 0) is 18.4 Å². The summed E-state index contributed by atoms with van der Waals surface area (Å²) in [7, 11) is 0. The normalized spacial score (nSPS) is 11.0. The molecule has 0 aliphatic heterocycles. The van der Waals surface area contributed by atoms with Crippen LogP contribution in [0.25, 0.3) is 0 Å². The average molecular weight is 524 g/mol. The van der Waals surface area contributed by atoms with E-state index in [4.69, 9.17) is 28.7 Å². The van der Waals surface area contributed by atoms with E-state index in [-0.39, 0.29) is 21.1 Å². The van der Waals surface area contributed by atoms with Crippen molar-refractivity contribution in [2.24, 2.45) is 0 Å². The Kier molecular flexibility index (Phi) is 52.5. The number of benzene rings is 1. The van der Waals surface area contributed by atoms with E-state index in [0.29, 0.717) is 6.10 Å². The molecule has 1 aromatic rings. The topological polar surface area (TPSA) is 94.6 Å². The van der Waals surface area contributed by atoms with E-state index in [0.717, 1.165) is 6.61 Å². The summed E-state index contributed by atoms with van der Waals surface area (Å²) in [6.45, 7) is 10.8. The maximum atomic E-state index is 8.00. The molecule has 1 aromatic carbocycles. The molecule has 2 rings (SSSR count). The number of hydrogen-bond donors (Lipinski definition) is 0. The van der Waals surface area contributed by atoms with Gasteiger partial charge in [0.15, 0.2) is 0 Å². The molecule has 0 bridgehead atoms. The summed E-state index contributed by atoms with van der Waals surface area (Å²) in [5.41, 5.74) is 1.29. The molecule has 0 saturated heterocycles. The maximum Gasteiger partial charge on any atom is 0.106 e. The first-order chi connectivity index (χ1) is 11.9. The third kappa shape index (κ3) is 24.6. The van der Waals surface area contributed by atoms with Crippen molar-refractivity contribution in [2.75, 3.05) is 0 Å². The zero-order valence-corrected chi connectivity index (χ0v) is 17.5. The Morgan fingerprint density at radius 3 is 1.52 bits per heavy atom. The minimum Gasteiger partial charge on any atom is -0.374 e. The van der Waals surface area contributed by atoms with E-state index in [1.807, 2.05) is 40.0 Å². The van der Waals surface area contributed by atoms with Crippen molar-refractivity contribution >= 4 is 33.9 Å². The van der Waals surface area contributed by atoms with E-state index in [1.54, 1.807) is 0 Å². The van der Waals surface area contributed by atoms with Gasteiger partial charge in [0.2, 0.25) is 0 Å². The predicted octanol–water partition coefficient (Wildman–Crippen LogP) is 2.61. The minimum atomic E-state index is 0. The molecule has 1 aliphatic carbocycles. The number of hydrogen-bond acceptors (Lipinski definition) is 6. The molecule has 1 aliphatic rings. The van der Waals surface area contributed by atoms with Crippen molar-refractivity contribution < 1.29 is 49.8 Å². The molecule has 0 atom stereocenters. The van der Waals surface area contributed by atoms with Crippen molar-refractivity contribution in [3.63, 3.8) is 0 Å². The van der Waals surface area contributed by atoms with Crippen molar-refractivity contribution in [1.82, 2.24) is 0 Å². The fourth-order valence-electron chi connectivity index (χ4n) is 2.02. The van der Waals surface area contributed by atoms with Crippen LogP contribution in [-0.2, 0) is 56.4 Å². The standard InChI is InChI=1S/C13H18O.5CH2O.W/c1-3-7-12(8-4-1)11-14-13-9-5-2-6-10-13;5*1-2;/h1,3-4,7-8,13H,2,5-6,9-11H2;5*1H2;. The Morgan fingerprint density at radius 1 is 0.720 bits per heavy atom. The number of carbonyl (C=O) groups is 5. The summed E-state index contributed by atoms with van der Waals surface area (Å²) in [5.74, 6) is 0. The minimum absolute atomic E-state index is 0. The van der Waals surface area contributed by atoms with Crippen LogP contribution in [0.4, 0.5) is 0 Å². The molecular formula is C18H28O6W. The Morgan fingerprint density at radius 2 is 1.12 bits per heavy atom. The molecule has 0 radical (unpaired) electrons. The van der Waals surface area contributed by atoms with Crippen LogP contribution in [0.1, 0.15) is 37.7 Å². The van der Waals surface area contributed by atoms with Gasteiger partial charge in [0.1, 0.15) is 33.9 Å². The number of ether oxygens (including phenoxy) is 1. The summed E-state index contributed by atoms with van der Waals surface area (Å²) in [6, 6.07) is 10.4. The molecule has 25 heavy (non-hydrogen) atoms. The first-order valence-corrected chi connectivity index (χ1v) is 7.05. The molecule has 0 heterocycles. The maximum absolute atomic E-state index is 8.00. The van der Waals surface area contributed by atoms with Gasteiger partial charge in [-0.2, -0.15) is 0 Å². The van der Waals surface area contributed by atoms with Crippen LogP contribution in [0.3, 0.4) is 0 Å². The van der Waals surface area contributed by atoms with Crippen molar-refractivity contribution in [2.45, 2.75) is 44.8 Å². The summed E-state index contributed by atoms with van der Waals surface area (Å²) >= 11 is 0. The monoisotopic (exact) mass is 524 g/mol. The number of rotatable bonds is 3. The average Bonchev–Trinajstić information content (AvgIpc) is 2.75. The van der Waals surface area contributed by atoms with E-state index < -0.39 is 0 Å². The number of carbonyl (C=O) groups excluding carboxylic acids is 5. The van der Waals surface area contributed by atoms with Gasteiger partial charge in [-0.15, -0.1) is 0 Å². The molecule has 1 fully saturated rings. The molecule has 0 amide bonds. The second-order valence-electron chi connectivity index (χ2n) is 4.06. The molecule has 0 aromatic heterocycles. The SMILES string of the molecule is C=O.C=O.C=O.C=O.C=O.[W].c1ccc(COC2CCCCC2)cc1. The van der Waals surface area contributed by atoms with Gasteiger partial charge in [-0.25, -0.2) is 0 Å². The third-order valence-corrected chi connectivity index (χ3v) is 2.88. The first-order valence-electron chi connectivity index (χ1n) is 7.05. The van der Waals surface area contributed by atoms with E-state index in [2.05, 4.69) is 24.3 Å². The summed E-state index contributed by atoms with van der Waals surface area (Å²) in [5, 5.41) is 0. The zero-order valence-electron chi connectivity index (χ0n) is 14.6. The van der Waals surface area contributed by atoms with Gasteiger partial charge in [-0.3, -0.25) is 0 Å². The summed E-state index contributed by atoms with van der Waals surface area (Å²) in [6.07, 6.45) is 7.12. The van der Waals surface area contributed by atoms with Gasteiger partial charge in [0, 0.05) is 21.1 Å². The van der Waals surface area contributed by atoms with Crippen LogP contribution in [-0.4, -0.2) is 40.0 Å². The fourth-order valence-corrected chi connectivity index (χ4v) is 2.02. The Bertz CT molecular complexity index is 322. The van der Waals surface area contributed by atoms with Gasteiger partial charge in [0.25, 0.3) is 0 Å².